The van der Waals surface area contributed by atoms with E-state index < -0.39 is 41.6 Å². The predicted octanol–water partition coefficient (Wildman–Crippen LogP) is 2.01. The number of carbonyl (C=O) groups excluding carboxylic acids is 3. The molecule has 0 aromatic heterocycles. The largest absolute Gasteiger partial charge is 0.466 e. The van der Waals surface area contributed by atoms with Crippen LogP contribution < -0.4 is 5.32 Å². The molecule has 3 aliphatic rings. The molecule has 0 radical (unpaired) electrons. The highest BCUT2D eigenvalue weighted by Gasteiger charge is 2.77. The summed E-state index contributed by atoms with van der Waals surface area (Å²) in [6.07, 6.45) is 3.56. The lowest BCUT2D eigenvalue weighted by molar-refractivity contribution is -0.155. The zero-order chi connectivity index (χ0) is 23.6. The van der Waals surface area contributed by atoms with Crippen molar-refractivity contribution in [1.82, 2.24) is 10.2 Å². The predicted molar refractivity (Wildman–Crippen MR) is 122 cm³/mol. The molecule has 8 atom stereocenters. The summed E-state index contributed by atoms with van der Waals surface area (Å²) in [6, 6.07) is -1.42. The Balaban J connectivity index is 2.01. The fourth-order valence-electron chi connectivity index (χ4n) is 5.73. The number of aliphatic hydroxyl groups excluding tert-OH is 1. The Morgan fingerprint density at radius 1 is 1.34 bits per heavy atom. The first-order valence-corrected chi connectivity index (χ1v) is 12.9. The summed E-state index contributed by atoms with van der Waals surface area (Å²) in [4.78, 5) is 41.6. The maximum atomic E-state index is 13.8. The van der Waals surface area contributed by atoms with Gasteiger partial charge in [-0.05, 0) is 25.7 Å². The molecule has 0 aliphatic carbocycles. The molecule has 182 valence electrons. The number of aliphatic hydroxyl groups is 1. The van der Waals surface area contributed by atoms with Gasteiger partial charge in [0.25, 0.3) is 0 Å². The van der Waals surface area contributed by atoms with E-state index in [9.17, 15) is 19.5 Å². The van der Waals surface area contributed by atoms with Gasteiger partial charge >= 0.3 is 5.97 Å². The van der Waals surface area contributed by atoms with Gasteiger partial charge in [0.15, 0.2) is 0 Å². The van der Waals surface area contributed by atoms with Crippen LogP contribution in [0.1, 0.15) is 59.8 Å². The van der Waals surface area contributed by atoms with Crippen LogP contribution >= 0.6 is 15.9 Å². The average Bonchev–Trinajstić information content (AvgIpc) is 3.35. The van der Waals surface area contributed by atoms with Crippen molar-refractivity contribution < 1.29 is 29.0 Å². The van der Waals surface area contributed by atoms with Gasteiger partial charge in [-0.2, -0.15) is 0 Å². The number of rotatable bonds is 11. The minimum atomic E-state index is -1.11. The van der Waals surface area contributed by atoms with Crippen LogP contribution in [0.15, 0.2) is 0 Å². The molecule has 3 aliphatic heterocycles. The number of hydrogen-bond acceptors (Lipinski definition) is 6. The van der Waals surface area contributed by atoms with Gasteiger partial charge in [-0.25, -0.2) is 0 Å². The van der Waals surface area contributed by atoms with Crippen molar-refractivity contribution in [3.05, 3.63) is 0 Å². The Hall–Kier alpha value is -1.19. The van der Waals surface area contributed by atoms with E-state index in [1.165, 1.54) is 4.90 Å². The van der Waals surface area contributed by atoms with Gasteiger partial charge in [-0.3, -0.25) is 14.4 Å². The van der Waals surface area contributed by atoms with E-state index in [0.717, 1.165) is 25.7 Å². The van der Waals surface area contributed by atoms with Crippen LogP contribution in [-0.2, 0) is 23.9 Å². The summed E-state index contributed by atoms with van der Waals surface area (Å²) in [5.74, 6) is -2.61. The Labute approximate surface area is 198 Å². The van der Waals surface area contributed by atoms with Crippen LogP contribution in [-0.4, -0.2) is 76.2 Å². The van der Waals surface area contributed by atoms with Gasteiger partial charge < -0.3 is 24.8 Å². The number of halogens is 1. The minimum absolute atomic E-state index is 0.0208. The summed E-state index contributed by atoms with van der Waals surface area (Å²) < 4.78 is 11.7. The molecule has 2 bridgehead atoms. The Kier molecular flexibility index (Phi) is 8.25. The van der Waals surface area contributed by atoms with E-state index in [1.54, 1.807) is 6.92 Å². The first-order chi connectivity index (χ1) is 15.3. The molecule has 2 amide bonds. The van der Waals surface area contributed by atoms with Crippen molar-refractivity contribution in [1.29, 1.82) is 0 Å². The highest BCUT2D eigenvalue weighted by Crippen LogP contribution is 2.60. The van der Waals surface area contributed by atoms with Crippen molar-refractivity contribution in [3.8, 4) is 0 Å². The zero-order valence-corrected chi connectivity index (χ0v) is 21.1. The van der Waals surface area contributed by atoms with Gasteiger partial charge in [-0.1, -0.05) is 56.0 Å². The number of alkyl halides is 1. The molecule has 32 heavy (non-hydrogen) atoms. The van der Waals surface area contributed by atoms with Crippen molar-refractivity contribution in [2.24, 2.45) is 17.8 Å². The Morgan fingerprint density at radius 3 is 2.66 bits per heavy atom. The van der Waals surface area contributed by atoms with E-state index in [0.29, 0.717) is 13.0 Å². The fraction of sp³-hybridized carbons (Fsp3) is 0.870. The molecule has 2 N–H and O–H groups in total. The third kappa shape index (κ3) is 4.09. The second-order valence-corrected chi connectivity index (χ2v) is 10.5. The van der Waals surface area contributed by atoms with E-state index >= 15 is 0 Å². The molecule has 3 rings (SSSR count). The molecule has 0 aromatic carbocycles. The fourth-order valence-corrected chi connectivity index (χ4v) is 6.67. The Bertz CT molecular complexity index is 721. The van der Waals surface area contributed by atoms with Gasteiger partial charge in [0.05, 0.1) is 37.2 Å². The van der Waals surface area contributed by atoms with Crippen LogP contribution in [0.4, 0.5) is 0 Å². The number of hydrogen-bond donors (Lipinski definition) is 2. The number of nitrogens with zero attached hydrogens (tertiary/aromatic N) is 1. The number of unbranched alkanes of at least 4 members (excludes halogenated alkanes) is 2. The molecule has 3 fully saturated rings. The minimum Gasteiger partial charge on any atom is -0.466 e. The van der Waals surface area contributed by atoms with Gasteiger partial charge in [0, 0.05) is 11.4 Å². The number of carbonyl (C=O) groups is 3. The molecule has 3 heterocycles. The molecule has 1 unspecified atom stereocenters. The quantitative estimate of drug-likeness (QED) is 0.247. The van der Waals surface area contributed by atoms with Crippen LogP contribution in [0, 0.1) is 17.8 Å². The van der Waals surface area contributed by atoms with Gasteiger partial charge in [0.1, 0.15) is 11.6 Å². The molecule has 8 nitrogen and oxygen atoms in total. The smallest absolute Gasteiger partial charge is 0.312 e. The van der Waals surface area contributed by atoms with Crippen LogP contribution in [0.3, 0.4) is 0 Å². The van der Waals surface area contributed by atoms with E-state index in [4.69, 9.17) is 9.47 Å². The van der Waals surface area contributed by atoms with Crippen molar-refractivity contribution in [2.45, 2.75) is 88.4 Å². The van der Waals surface area contributed by atoms with Crippen molar-refractivity contribution in [2.75, 3.05) is 19.8 Å². The molecule has 3 saturated heterocycles. The molecule has 0 saturated carbocycles. The first-order valence-electron chi connectivity index (χ1n) is 12.0. The van der Waals surface area contributed by atoms with E-state index in [1.807, 2.05) is 13.8 Å². The molecular formula is C23H37BrN2O6. The lowest BCUT2D eigenvalue weighted by Gasteiger charge is -2.38. The van der Waals surface area contributed by atoms with E-state index in [2.05, 4.69) is 28.2 Å². The summed E-state index contributed by atoms with van der Waals surface area (Å²) >= 11 is 3.63. The summed E-state index contributed by atoms with van der Waals surface area (Å²) in [5.41, 5.74) is -1.11. The third-order valence-electron chi connectivity index (χ3n) is 7.46. The SMILES string of the molecule is CCCCCNC(=O)[C@@H]1N([C@@H](CO)[C@@H](C)CC)C(=O)[C@H]2[C@H](C(=O)OCC)[C@H]3O[C@@]12CC3Br. The standard InChI is InChI=1S/C23H37BrN2O6/c1-5-8-9-10-25-20(28)19-23-11-14(24)18(32-23)16(22(30)31-7-3)17(23)21(29)26(19)15(12-27)13(4)6-2/h13-19,27H,5-12H2,1-4H3,(H,25,28)/t13-,14?,15-,16-,17+,18-,19-,23+/m0/s1. The third-order valence-corrected chi connectivity index (χ3v) is 8.30. The highest BCUT2D eigenvalue weighted by molar-refractivity contribution is 9.09. The average molecular weight is 517 g/mol. The van der Waals surface area contributed by atoms with Gasteiger partial charge in [0.2, 0.25) is 11.8 Å². The van der Waals surface area contributed by atoms with Crippen molar-refractivity contribution >= 4 is 33.7 Å². The monoisotopic (exact) mass is 516 g/mol. The second kappa shape index (κ2) is 10.4. The highest BCUT2D eigenvalue weighted by atomic mass is 79.9. The lowest BCUT2D eigenvalue weighted by Crippen LogP contribution is -2.59. The normalized spacial score (nSPS) is 35.0. The van der Waals surface area contributed by atoms with E-state index in [-0.39, 0.29) is 35.8 Å². The molecular weight excluding hydrogens is 480 g/mol. The number of amides is 2. The lowest BCUT2D eigenvalue weighted by atomic mass is 9.70. The first kappa shape index (κ1) is 25.4. The van der Waals surface area contributed by atoms with Crippen LogP contribution in [0.2, 0.25) is 0 Å². The van der Waals surface area contributed by atoms with Gasteiger partial charge in [-0.15, -0.1) is 0 Å². The summed E-state index contributed by atoms with van der Waals surface area (Å²) in [7, 11) is 0. The topological polar surface area (TPSA) is 105 Å². The maximum absolute atomic E-state index is 13.8. The number of fused-ring (bicyclic) bond motifs is 1. The van der Waals surface area contributed by atoms with Crippen LogP contribution in [0.5, 0.6) is 0 Å². The number of nitrogens with one attached hydrogen (secondary N) is 1. The Morgan fingerprint density at radius 2 is 2.06 bits per heavy atom. The van der Waals surface area contributed by atoms with Crippen molar-refractivity contribution in [3.63, 3.8) is 0 Å². The van der Waals surface area contributed by atoms with Crippen LogP contribution in [0.25, 0.3) is 0 Å². The summed E-state index contributed by atoms with van der Waals surface area (Å²) in [6.45, 7) is 8.25. The number of likely N-dealkylation sites (tertiary alicyclic amines) is 1. The molecule has 9 heteroatoms. The second-order valence-electron chi connectivity index (χ2n) is 9.29. The number of ether oxygens (including phenoxy) is 2. The zero-order valence-electron chi connectivity index (χ0n) is 19.5. The summed E-state index contributed by atoms with van der Waals surface area (Å²) in [5, 5.41) is 13.2. The molecule has 1 spiro atoms. The molecule has 0 aromatic rings. The number of esters is 1. The maximum Gasteiger partial charge on any atom is 0.312 e.